The molecule has 3 N–H and O–H groups in total. The molecule has 1 rings (SSSR count). The molecule has 0 saturated heterocycles. The number of nitrogens with two attached hydrogens (primary N) is 1. The fourth-order valence-corrected chi connectivity index (χ4v) is 1.94. The van der Waals surface area contributed by atoms with Crippen LogP contribution < -0.4 is 5.73 Å². The zero-order chi connectivity index (χ0) is 10.4. The molecular weight excluding hydrogens is 236 g/mol. The van der Waals surface area contributed by atoms with Gasteiger partial charge in [0.2, 0.25) is 0 Å². The summed E-state index contributed by atoms with van der Waals surface area (Å²) < 4.78 is 0. The van der Waals surface area contributed by atoms with Gasteiger partial charge in [-0.2, -0.15) is 0 Å². The van der Waals surface area contributed by atoms with E-state index in [1.54, 1.807) is 5.38 Å². The molecule has 86 valence electrons. The lowest BCUT2D eigenvalue weighted by molar-refractivity contribution is 0.0691. The quantitative estimate of drug-likeness (QED) is 0.757. The van der Waals surface area contributed by atoms with Crippen molar-refractivity contribution in [2.75, 3.05) is 6.54 Å². The van der Waals surface area contributed by atoms with E-state index in [1.807, 2.05) is 0 Å². The van der Waals surface area contributed by atoms with Crippen LogP contribution in [0.1, 0.15) is 34.8 Å². The van der Waals surface area contributed by atoms with E-state index in [0.29, 0.717) is 0 Å². The van der Waals surface area contributed by atoms with E-state index in [9.17, 15) is 4.79 Å². The summed E-state index contributed by atoms with van der Waals surface area (Å²) in [5, 5.41) is 11.1. The highest BCUT2D eigenvalue weighted by molar-refractivity contribution is 7.09. The highest BCUT2D eigenvalue weighted by Crippen LogP contribution is 2.12. The lowest BCUT2D eigenvalue weighted by Crippen LogP contribution is -1.99. The van der Waals surface area contributed by atoms with E-state index in [4.69, 9.17) is 10.8 Å². The molecule has 0 aliphatic carbocycles. The Bertz CT molecular complexity index is 304. The van der Waals surface area contributed by atoms with Gasteiger partial charge in [-0.25, -0.2) is 9.78 Å². The molecule has 0 spiro atoms. The Morgan fingerprint density at radius 2 is 2.20 bits per heavy atom. The van der Waals surface area contributed by atoms with Gasteiger partial charge in [0.15, 0.2) is 5.69 Å². The summed E-state index contributed by atoms with van der Waals surface area (Å²) in [4.78, 5) is 14.5. The molecule has 6 heteroatoms. The van der Waals surface area contributed by atoms with Gasteiger partial charge >= 0.3 is 5.97 Å². The molecule has 0 aliphatic heterocycles. The van der Waals surface area contributed by atoms with Crippen LogP contribution in [0.3, 0.4) is 0 Å². The maximum absolute atomic E-state index is 10.5. The van der Waals surface area contributed by atoms with Crippen LogP contribution in [0.2, 0.25) is 0 Å². The summed E-state index contributed by atoms with van der Waals surface area (Å²) in [6.07, 6.45) is 4.00. The highest BCUT2D eigenvalue weighted by atomic mass is 35.5. The number of unbranched alkanes of at least 4 members (excludes halogenated alkanes) is 2. The van der Waals surface area contributed by atoms with Crippen LogP contribution in [0.5, 0.6) is 0 Å². The first-order valence-electron chi connectivity index (χ1n) is 4.62. The number of halogens is 1. The summed E-state index contributed by atoms with van der Waals surface area (Å²) in [5.74, 6) is -0.950. The summed E-state index contributed by atoms with van der Waals surface area (Å²) in [6.45, 7) is 0.720. The van der Waals surface area contributed by atoms with Gasteiger partial charge in [-0.3, -0.25) is 0 Å². The molecule has 0 unspecified atom stereocenters. The second-order valence-electron chi connectivity index (χ2n) is 3.03. The van der Waals surface area contributed by atoms with Gasteiger partial charge < -0.3 is 10.8 Å². The highest BCUT2D eigenvalue weighted by Gasteiger charge is 2.07. The maximum atomic E-state index is 10.5. The zero-order valence-electron chi connectivity index (χ0n) is 8.31. The van der Waals surface area contributed by atoms with E-state index in [0.717, 1.165) is 37.2 Å². The predicted molar refractivity (Wildman–Crippen MR) is 62.9 cm³/mol. The van der Waals surface area contributed by atoms with Crippen LogP contribution in [-0.4, -0.2) is 22.6 Å². The first-order valence-corrected chi connectivity index (χ1v) is 5.49. The summed E-state index contributed by atoms with van der Waals surface area (Å²) in [5.41, 5.74) is 5.52. The minimum atomic E-state index is -0.950. The number of carboxylic acid groups (broad SMARTS) is 1. The fourth-order valence-electron chi connectivity index (χ4n) is 1.12. The van der Waals surface area contributed by atoms with Crippen molar-refractivity contribution < 1.29 is 9.90 Å². The standard InChI is InChI=1S/C9H14N2O2S.ClH/c10-5-3-1-2-4-8-11-7(6-14-8)9(12)13;/h6H,1-5,10H2,(H,12,13);1H. The Morgan fingerprint density at radius 3 is 2.73 bits per heavy atom. The summed E-state index contributed by atoms with van der Waals surface area (Å²) in [6, 6.07) is 0. The van der Waals surface area contributed by atoms with Gasteiger partial charge in [-0.1, -0.05) is 6.42 Å². The summed E-state index contributed by atoms with van der Waals surface area (Å²) in [7, 11) is 0. The number of carboxylic acids is 1. The summed E-state index contributed by atoms with van der Waals surface area (Å²) >= 11 is 1.41. The van der Waals surface area contributed by atoms with E-state index in [-0.39, 0.29) is 18.1 Å². The number of rotatable bonds is 6. The van der Waals surface area contributed by atoms with Crippen molar-refractivity contribution in [3.8, 4) is 0 Å². The lowest BCUT2D eigenvalue weighted by Gasteiger charge is -1.95. The second kappa shape index (κ2) is 7.62. The Hall–Kier alpha value is -0.650. The Morgan fingerprint density at radius 1 is 1.47 bits per heavy atom. The maximum Gasteiger partial charge on any atom is 0.355 e. The molecule has 0 bridgehead atoms. The molecule has 0 amide bonds. The Labute approximate surface area is 98.9 Å². The van der Waals surface area contributed by atoms with Crippen molar-refractivity contribution in [1.82, 2.24) is 4.98 Å². The molecule has 4 nitrogen and oxygen atoms in total. The van der Waals surface area contributed by atoms with Crippen molar-refractivity contribution in [2.45, 2.75) is 25.7 Å². The van der Waals surface area contributed by atoms with Crippen molar-refractivity contribution in [1.29, 1.82) is 0 Å². The number of carbonyl (C=O) groups is 1. The Kier molecular flexibility index (Phi) is 7.29. The van der Waals surface area contributed by atoms with Gasteiger partial charge in [0.25, 0.3) is 0 Å². The van der Waals surface area contributed by atoms with Crippen LogP contribution in [-0.2, 0) is 6.42 Å². The van der Waals surface area contributed by atoms with Crippen molar-refractivity contribution in [2.24, 2.45) is 5.73 Å². The number of hydrogen-bond donors (Lipinski definition) is 2. The van der Waals surface area contributed by atoms with Crippen LogP contribution in [0, 0.1) is 0 Å². The average molecular weight is 251 g/mol. The third-order valence-electron chi connectivity index (χ3n) is 1.87. The molecule has 15 heavy (non-hydrogen) atoms. The number of aromatic nitrogens is 1. The first-order chi connectivity index (χ1) is 6.74. The third kappa shape index (κ3) is 5.11. The lowest BCUT2D eigenvalue weighted by atomic mass is 10.2. The van der Waals surface area contributed by atoms with Crippen molar-refractivity contribution >= 4 is 29.7 Å². The van der Waals surface area contributed by atoms with Gasteiger partial charge in [-0.15, -0.1) is 23.7 Å². The number of hydrogen-bond acceptors (Lipinski definition) is 4. The fraction of sp³-hybridized carbons (Fsp3) is 0.556. The van der Waals surface area contributed by atoms with Gasteiger partial charge in [0.05, 0.1) is 5.01 Å². The number of thiazole rings is 1. The number of nitrogens with zero attached hydrogens (tertiary/aromatic N) is 1. The molecule has 1 aromatic heterocycles. The second-order valence-corrected chi connectivity index (χ2v) is 3.97. The van der Waals surface area contributed by atoms with Crippen LogP contribution in [0.25, 0.3) is 0 Å². The molecule has 0 aromatic carbocycles. The first kappa shape index (κ1) is 14.3. The van der Waals surface area contributed by atoms with E-state index in [2.05, 4.69) is 4.98 Å². The van der Waals surface area contributed by atoms with Crippen LogP contribution in [0.4, 0.5) is 0 Å². The normalized spacial score (nSPS) is 9.67. The molecular formula is C9H15ClN2O2S. The predicted octanol–water partition coefficient (Wildman–Crippen LogP) is 1.93. The van der Waals surface area contributed by atoms with Gasteiger partial charge in [0, 0.05) is 5.38 Å². The zero-order valence-corrected chi connectivity index (χ0v) is 9.94. The monoisotopic (exact) mass is 250 g/mol. The molecule has 0 radical (unpaired) electrons. The van der Waals surface area contributed by atoms with Crippen LogP contribution >= 0.6 is 23.7 Å². The van der Waals surface area contributed by atoms with E-state index < -0.39 is 5.97 Å². The van der Waals surface area contributed by atoms with Gasteiger partial charge in [-0.05, 0) is 25.8 Å². The average Bonchev–Trinajstić information content (AvgIpc) is 2.61. The smallest absolute Gasteiger partial charge is 0.355 e. The van der Waals surface area contributed by atoms with Crippen molar-refractivity contribution in [3.63, 3.8) is 0 Å². The molecule has 1 heterocycles. The minimum absolute atomic E-state index is 0. The third-order valence-corrected chi connectivity index (χ3v) is 2.77. The molecule has 0 atom stereocenters. The van der Waals surface area contributed by atoms with Crippen LogP contribution in [0.15, 0.2) is 5.38 Å². The number of aryl methyl sites for hydroxylation is 1. The largest absolute Gasteiger partial charge is 0.476 e. The molecule has 0 saturated carbocycles. The number of aromatic carboxylic acids is 1. The van der Waals surface area contributed by atoms with Crippen molar-refractivity contribution in [3.05, 3.63) is 16.1 Å². The van der Waals surface area contributed by atoms with Gasteiger partial charge in [0.1, 0.15) is 0 Å². The Balaban J connectivity index is 0.00000196. The SMILES string of the molecule is Cl.NCCCCCc1nc(C(=O)O)cs1. The van der Waals surface area contributed by atoms with E-state index >= 15 is 0 Å². The van der Waals surface area contributed by atoms with E-state index in [1.165, 1.54) is 11.3 Å². The topological polar surface area (TPSA) is 76.2 Å². The molecule has 1 aromatic rings. The minimum Gasteiger partial charge on any atom is -0.476 e. The molecule has 0 aliphatic rings. The molecule has 0 fully saturated rings.